The van der Waals surface area contributed by atoms with Gasteiger partial charge in [0.1, 0.15) is 17.8 Å². The molecule has 4 heterocycles. The van der Waals surface area contributed by atoms with Gasteiger partial charge in [-0.1, -0.05) is 29.8 Å². The highest BCUT2D eigenvalue weighted by Gasteiger charge is 2.17. The molecule has 32 heavy (non-hydrogen) atoms. The van der Waals surface area contributed by atoms with Crippen molar-refractivity contribution in [2.24, 2.45) is 0 Å². The van der Waals surface area contributed by atoms with E-state index in [2.05, 4.69) is 47.1 Å². The molecule has 0 aliphatic rings. The number of aromatic amines is 1. The molecule has 5 rings (SSSR count). The normalized spacial score (nSPS) is 11.5. The second kappa shape index (κ2) is 8.97. The minimum atomic E-state index is 0.636. The molecule has 7 nitrogen and oxygen atoms in total. The average molecular weight is 556 g/mol. The summed E-state index contributed by atoms with van der Waals surface area (Å²) in [7, 11) is 0. The largest absolute Gasteiger partial charge is 0.340 e. The summed E-state index contributed by atoms with van der Waals surface area (Å²) in [6.07, 6.45) is 3.50. The summed E-state index contributed by atoms with van der Waals surface area (Å²) in [4.78, 5) is 17.4. The van der Waals surface area contributed by atoms with E-state index in [1.54, 1.807) is 10.8 Å². The van der Waals surface area contributed by atoms with Crippen molar-refractivity contribution in [1.82, 2.24) is 32.7 Å². The zero-order chi connectivity index (χ0) is 22.1. The van der Waals surface area contributed by atoms with Crippen LogP contribution in [0.5, 0.6) is 0 Å². The highest BCUT2D eigenvalue weighted by Crippen LogP contribution is 2.30. The van der Waals surface area contributed by atoms with Crippen LogP contribution in [0, 0.1) is 6.92 Å². The molecule has 0 saturated heterocycles. The molecule has 0 spiro atoms. The summed E-state index contributed by atoms with van der Waals surface area (Å²) in [5.41, 5.74) is 6.41. The fourth-order valence-electron chi connectivity index (χ4n) is 3.58. The lowest BCUT2D eigenvalue weighted by atomic mass is 10.1. The van der Waals surface area contributed by atoms with Gasteiger partial charge in [0.25, 0.3) is 0 Å². The molecule has 1 N–H and O–H groups in total. The van der Waals surface area contributed by atoms with Crippen molar-refractivity contribution in [3.05, 3.63) is 89.2 Å². The van der Waals surface area contributed by atoms with Gasteiger partial charge in [0.05, 0.1) is 17.9 Å². The van der Waals surface area contributed by atoms with E-state index in [0.717, 1.165) is 56.9 Å². The number of pyridine rings is 2. The number of hydrogen-bond acceptors (Lipinski definition) is 5. The van der Waals surface area contributed by atoms with Crippen LogP contribution in [0.25, 0.3) is 28.3 Å². The van der Waals surface area contributed by atoms with E-state index in [9.17, 15) is 0 Å². The van der Waals surface area contributed by atoms with Crippen LogP contribution in [0.15, 0.2) is 67.1 Å². The van der Waals surface area contributed by atoms with E-state index in [4.69, 9.17) is 21.6 Å². The Morgan fingerprint density at radius 2 is 1.94 bits per heavy atom. The van der Waals surface area contributed by atoms with Crippen molar-refractivity contribution in [3.8, 4) is 22.6 Å². The standard InChI is InChI=1S/C23H19ClIN7/c1-15-4-2-7-19(28-15)23-22(17-8-9-21-26-14-27-32(21)12-17)29-20(30-23)13-31(25)11-16-5-3-6-18(24)10-16/h2-10,12,14H,11,13H2,1H3,(H,29,30). The first-order valence-electron chi connectivity index (χ1n) is 10.0. The lowest BCUT2D eigenvalue weighted by Gasteiger charge is -2.13. The van der Waals surface area contributed by atoms with E-state index in [1.807, 2.05) is 61.7 Å². The Bertz CT molecular complexity index is 1390. The SMILES string of the molecule is Cc1cccc(-c2nc(CN(I)Cc3cccc(Cl)c3)[nH]c2-c2ccc3ncnn3c2)n1. The van der Waals surface area contributed by atoms with Crippen molar-refractivity contribution in [1.29, 1.82) is 0 Å². The molecular formula is C23H19ClIN7. The van der Waals surface area contributed by atoms with Crippen LogP contribution >= 0.6 is 34.5 Å². The third kappa shape index (κ3) is 4.52. The lowest BCUT2D eigenvalue weighted by Crippen LogP contribution is -2.11. The number of rotatable bonds is 6. The summed E-state index contributed by atoms with van der Waals surface area (Å²) >= 11 is 8.46. The zero-order valence-electron chi connectivity index (χ0n) is 17.2. The Labute approximate surface area is 204 Å². The smallest absolute Gasteiger partial charge is 0.155 e. The Hall–Kier alpha value is -2.82. The van der Waals surface area contributed by atoms with Crippen LogP contribution in [0.1, 0.15) is 17.1 Å². The predicted molar refractivity (Wildman–Crippen MR) is 133 cm³/mol. The minimum absolute atomic E-state index is 0.636. The molecule has 0 bridgehead atoms. The zero-order valence-corrected chi connectivity index (χ0v) is 20.1. The molecular weight excluding hydrogens is 537 g/mol. The first-order valence-corrected chi connectivity index (χ1v) is 11.4. The molecule has 1 aromatic carbocycles. The summed E-state index contributed by atoms with van der Waals surface area (Å²) in [6.45, 7) is 3.37. The molecule has 0 radical (unpaired) electrons. The number of aromatic nitrogens is 6. The van der Waals surface area contributed by atoms with Crippen molar-refractivity contribution in [2.75, 3.05) is 0 Å². The summed E-state index contributed by atoms with van der Waals surface area (Å²) in [6, 6.07) is 17.8. The van der Waals surface area contributed by atoms with Gasteiger partial charge in [-0.25, -0.2) is 17.6 Å². The number of fused-ring (bicyclic) bond motifs is 1. The summed E-state index contributed by atoms with van der Waals surface area (Å²) in [5.74, 6) is 0.855. The van der Waals surface area contributed by atoms with Gasteiger partial charge in [-0.3, -0.25) is 4.98 Å². The van der Waals surface area contributed by atoms with E-state index < -0.39 is 0 Å². The second-order valence-corrected chi connectivity index (χ2v) is 9.26. The van der Waals surface area contributed by atoms with Gasteiger partial charge in [-0.05, 0) is 48.9 Å². The van der Waals surface area contributed by atoms with Crippen molar-refractivity contribution in [2.45, 2.75) is 20.0 Å². The van der Waals surface area contributed by atoms with E-state index in [-0.39, 0.29) is 0 Å². The molecule has 5 aromatic rings. The third-order valence-electron chi connectivity index (χ3n) is 5.01. The number of aryl methyl sites for hydroxylation is 1. The third-order valence-corrected chi connectivity index (χ3v) is 5.93. The molecule has 0 amide bonds. The number of nitrogens with one attached hydrogen (secondary N) is 1. The number of hydrogen-bond donors (Lipinski definition) is 1. The number of H-pyrrole nitrogens is 1. The molecule has 0 unspecified atom stereocenters. The van der Waals surface area contributed by atoms with Crippen LogP contribution < -0.4 is 0 Å². The molecule has 0 fully saturated rings. The molecule has 4 aromatic heterocycles. The molecule has 0 saturated carbocycles. The number of benzene rings is 1. The van der Waals surface area contributed by atoms with Crippen LogP contribution in [-0.2, 0) is 13.1 Å². The highest BCUT2D eigenvalue weighted by molar-refractivity contribution is 14.1. The summed E-state index contributed by atoms with van der Waals surface area (Å²) in [5, 5.41) is 5.01. The monoisotopic (exact) mass is 555 g/mol. The maximum Gasteiger partial charge on any atom is 0.155 e. The van der Waals surface area contributed by atoms with E-state index >= 15 is 0 Å². The first kappa shape index (κ1) is 21.0. The Morgan fingerprint density at radius 1 is 1.06 bits per heavy atom. The van der Waals surface area contributed by atoms with Gasteiger partial charge in [0.15, 0.2) is 5.65 Å². The predicted octanol–water partition coefficient (Wildman–Crippen LogP) is 5.50. The fourth-order valence-corrected chi connectivity index (χ4v) is 4.51. The van der Waals surface area contributed by atoms with Gasteiger partial charge in [0, 0.05) is 51.9 Å². The van der Waals surface area contributed by atoms with Gasteiger partial charge < -0.3 is 4.98 Å². The van der Waals surface area contributed by atoms with Gasteiger partial charge in [-0.15, -0.1) is 0 Å². The molecule has 9 heteroatoms. The Balaban J connectivity index is 1.50. The topological polar surface area (TPSA) is 75.0 Å². The lowest BCUT2D eigenvalue weighted by molar-refractivity contribution is 0.490. The Morgan fingerprint density at radius 3 is 2.78 bits per heavy atom. The van der Waals surface area contributed by atoms with Crippen molar-refractivity contribution >= 4 is 40.1 Å². The van der Waals surface area contributed by atoms with Crippen LogP contribution in [0.3, 0.4) is 0 Å². The number of nitrogens with zero attached hydrogens (tertiary/aromatic N) is 6. The maximum atomic E-state index is 6.14. The quantitative estimate of drug-likeness (QED) is 0.221. The van der Waals surface area contributed by atoms with Crippen molar-refractivity contribution < 1.29 is 0 Å². The van der Waals surface area contributed by atoms with Crippen molar-refractivity contribution in [3.63, 3.8) is 0 Å². The van der Waals surface area contributed by atoms with Crippen LogP contribution in [-0.4, -0.2) is 32.7 Å². The maximum absolute atomic E-state index is 6.14. The summed E-state index contributed by atoms with van der Waals surface area (Å²) < 4.78 is 3.92. The van der Waals surface area contributed by atoms with E-state index in [0.29, 0.717) is 6.54 Å². The van der Waals surface area contributed by atoms with Crippen LogP contribution in [0.2, 0.25) is 5.02 Å². The van der Waals surface area contributed by atoms with Gasteiger partial charge in [0.2, 0.25) is 0 Å². The van der Waals surface area contributed by atoms with Crippen LogP contribution in [0.4, 0.5) is 0 Å². The molecule has 0 aliphatic heterocycles. The fraction of sp³-hybridized carbons (Fsp3) is 0.130. The van der Waals surface area contributed by atoms with Gasteiger partial charge >= 0.3 is 0 Å². The average Bonchev–Trinajstić information content (AvgIpc) is 3.40. The number of imidazole rings is 1. The van der Waals surface area contributed by atoms with Gasteiger partial charge in [-0.2, -0.15) is 5.10 Å². The minimum Gasteiger partial charge on any atom is -0.340 e. The molecule has 0 aliphatic carbocycles. The van der Waals surface area contributed by atoms with E-state index in [1.165, 1.54) is 0 Å². The molecule has 160 valence electrons. The Kier molecular flexibility index (Phi) is 5.90. The highest BCUT2D eigenvalue weighted by atomic mass is 127. The molecule has 0 atom stereocenters. The second-order valence-electron chi connectivity index (χ2n) is 7.46. The first-order chi connectivity index (χ1) is 15.5. The number of halogens is 2.